The summed E-state index contributed by atoms with van der Waals surface area (Å²) in [6.07, 6.45) is 0. The second-order valence-corrected chi connectivity index (χ2v) is 7.99. The zero-order chi connectivity index (χ0) is 12.6. The van der Waals surface area contributed by atoms with Crippen molar-refractivity contribution in [2.24, 2.45) is 0 Å². The van der Waals surface area contributed by atoms with E-state index < -0.39 is 38.7 Å². The van der Waals surface area contributed by atoms with Crippen molar-refractivity contribution in [2.75, 3.05) is 5.73 Å². The summed E-state index contributed by atoms with van der Waals surface area (Å²) in [5.41, 5.74) is 5.55. The summed E-state index contributed by atoms with van der Waals surface area (Å²) in [4.78, 5) is -0.614. The van der Waals surface area contributed by atoms with Crippen LogP contribution in [-0.4, -0.2) is 16.2 Å². The van der Waals surface area contributed by atoms with Crippen LogP contribution in [0.3, 0.4) is 0 Å². The molecule has 0 bridgehead atoms. The van der Waals surface area contributed by atoms with Crippen LogP contribution in [0.5, 0.6) is 0 Å². The molecule has 0 aliphatic heterocycles. The summed E-state index contributed by atoms with van der Waals surface area (Å²) < 4.78 is 48.7. The van der Waals surface area contributed by atoms with Crippen molar-refractivity contribution in [3.8, 4) is 0 Å². The fourth-order valence-electron chi connectivity index (χ4n) is 0.932. The first-order valence-corrected chi connectivity index (χ1v) is 8.26. The lowest BCUT2D eigenvalue weighted by Crippen LogP contribution is -2.22. The van der Waals surface area contributed by atoms with Gasteiger partial charge in [0, 0.05) is 5.69 Å². The highest BCUT2D eigenvalue weighted by molar-refractivity contribution is 14.2. The van der Waals surface area contributed by atoms with Gasteiger partial charge in [-0.05, 0) is 38.9 Å². The number of benzene rings is 1. The van der Waals surface area contributed by atoms with Crippen molar-refractivity contribution in [2.45, 2.75) is 8.16 Å². The van der Waals surface area contributed by atoms with E-state index in [0.717, 1.165) is 12.1 Å². The van der Waals surface area contributed by atoms with E-state index in [1.54, 1.807) is 0 Å². The standard InChI is InChI=1S/C8H7ClF2INO2S/c1-12-8(10,11)16(14,15)7-3-2-5(13)4-6(7)9/h2-4H,1,13H2. The Morgan fingerprint density at radius 1 is 1.44 bits per heavy atom. The van der Waals surface area contributed by atoms with Crippen molar-refractivity contribution in [3.05, 3.63) is 23.2 Å². The first-order valence-electron chi connectivity index (χ1n) is 3.79. The highest BCUT2D eigenvalue weighted by Crippen LogP contribution is 2.40. The predicted octanol–water partition coefficient (Wildman–Crippen LogP) is 2.65. The zero-order valence-electron chi connectivity index (χ0n) is 7.75. The molecular weight excluding hydrogens is 375 g/mol. The topological polar surface area (TPSA) is 60.2 Å². The van der Waals surface area contributed by atoms with Crippen LogP contribution in [0.1, 0.15) is 0 Å². The fraction of sp³-hybridized carbons (Fsp3) is 0.125. The monoisotopic (exact) mass is 381 g/mol. The summed E-state index contributed by atoms with van der Waals surface area (Å²) in [6.45, 7) is 0. The molecular formula is C8H7ClF2INO2S. The second-order valence-electron chi connectivity index (χ2n) is 2.77. The van der Waals surface area contributed by atoms with Gasteiger partial charge in [0.25, 0.3) is 9.84 Å². The van der Waals surface area contributed by atoms with Crippen LogP contribution in [-0.2, 0) is 9.84 Å². The number of hydrogen-bond donors (Lipinski definition) is 1. The molecule has 1 rings (SSSR count). The first-order chi connectivity index (χ1) is 7.22. The van der Waals surface area contributed by atoms with Crippen LogP contribution in [0.4, 0.5) is 14.5 Å². The average molecular weight is 382 g/mol. The Bertz CT molecular complexity index is 533. The van der Waals surface area contributed by atoms with Gasteiger partial charge in [-0.15, -0.1) is 0 Å². The van der Waals surface area contributed by atoms with E-state index in [-0.39, 0.29) is 10.7 Å². The minimum Gasteiger partial charge on any atom is -0.399 e. The molecule has 0 radical (unpaired) electrons. The van der Waals surface area contributed by atoms with Gasteiger partial charge in [0.2, 0.25) is 0 Å². The largest absolute Gasteiger partial charge is 0.399 e. The Hall–Kier alpha value is -0.280. The number of nitrogen functional groups attached to an aromatic ring is 1. The molecule has 1 aromatic carbocycles. The lowest BCUT2D eigenvalue weighted by Gasteiger charge is -2.13. The lowest BCUT2D eigenvalue weighted by atomic mass is 10.3. The quantitative estimate of drug-likeness (QED) is 0.497. The SMILES string of the molecule is C=IC(F)(F)S(=O)(=O)c1ccc(N)cc1Cl. The normalized spacial score (nSPS) is 12.7. The molecule has 16 heavy (non-hydrogen) atoms. The Morgan fingerprint density at radius 2 is 2.00 bits per heavy atom. The van der Waals surface area contributed by atoms with Gasteiger partial charge in [-0.25, -0.2) is 8.42 Å². The van der Waals surface area contributed by atoms with E-state index >= 15 is 0 Å². The highest BCUT2D eigenvalue weighted by Gasteiger charge is 2.44. The molecule has 0 unspecified atom stereocenters. The second kappa shape index (κ2) is 4.53. The molecule has 3 nitrogen and oxygen atoms in total. The third kappa shape index (κ3) is 2.35. The Kier molecular flexibility index (Phi) is 3.91. The van der Waals surface area contributed by atoms with Gasteiger partial charge in [-0.3, -0.25) is 0 Å². The highest BCUT2D eigenvalue weighted by atomic mass is 127. The van der Waals surface area contributed by atoms with Crippen LogP contribution in [0, 0.1) is 0 Å². The summed E-state index contributed by atoms with van der Waals surface area (Å²) in [6, 6.07) is 3.29. The third-order valence-corrected chi connectivity index (χ3v) is 7.03. The van der Waals surface area contributed by atoms with Crippen molar-refractivity contribution in [3.63, 3.8) is 0 Å². The van der Waals surface area contributed by atoms with Crippen molar-refractivity contribution < 1.29 is 17.2 Å². The molecule has 0 spiro atoms. The number of alkyl halides is 3. The number of hydrogen-bond acceptors (Lipinski definition) is 3. The molecule has 0 aliphatic carbocycles. The molecule has 0 aliphatic rings. The van der Waals surface area contributed by atoms with Crippen molar-refractivity contribution in [1.29, 1.82) is 0 Å². The zero-order valence-corrected chi connectivity index (χ0v) is 11.5. The lowest BCUT2D eigenvalue weighted by molar-refractivity contribution is 0.215. The minimum absolute atomic E-state index is 0.205. The molecule has 90 valence electrons. The molecule has 0 fully saturated rings. The molecule has 0 heterocycles. The number of anilines is 1. The van der Waals surface area contributed by atoms with Crippen LogP contribution in [0.2, 0.25) is 5.02 Å². The van der Waals surface area contributed by atoms with Gasteiger partial charge in [-0.2, -0.15) is 8.78 Å². The van der Waals surface area contributed by atoms with E-state index in [2.05, 4.69) is 4.51 Å². The Labute approximate surface area is 106 Å². The number of halogens is 4. The first kappa shape index (κ1) is 13.8. The van der Waals surface area contributed by atoms with E-state index in [0.29, 0.717) is 0 Å². The molecule has 0 atom stereocenters. The predicted molar refractivity (Wildman–Crippen MR) is 69.1 cm³/mol. The summed E-state index contributed by atoms with van der Waals surface area (Å²) in [5.74, 6) is 0. The Balaban J connectivity index is 3.45. The molecule has 2 N–H and O–H groups in total. The summed E-state index contributed by atoms with van der Waals surface area (Å²) in [5, 5.41) is -0.308. The number of nitrogens with two attached hydrogens (primary N) is 1. The number of sulfone groups is 1. The van der Waals surface area contributed by atoms with Gasteiger partial charge in [0.1, 0.15) is 0 Å². The van der Waals surface area contributed by atoms with Gasteiger partial charge >= 0.3 is 3.26 Å². The molecule has 0 saturated heterocycles. The van der Waals surface area contributed by atoms with Crippen molar-refractivity contribution >= 4 is 52.4 Å². The van der Waals surface area contributed by atoms with E-state index in [9.17, 15) is 17.2 Å². The maximum absolute atomic E-state index is 13.2. The van der Waals surface area contributed by atoms with E-state index in [1.165, 1.54) is 6.07 Å². The van der Waals surface area contributed by atoms with Crippen molar-refractivity contribution in [1.82, 2.24) is 0 Å². The average Bonchev–Trinajstić information content (AvgIpc) is 2.16. The maximum atomic E-state index is 13.2. The minimum atomic E-state index is -4.77. The third-order valence-electron chi connectivity index (χ3n) is 1.71. The molecule has 0 amide bonds. The fourth-order valence-corrected chi connectivity index (χ4v) is 4.32. The summed E-state index contributed by atoms with van der Waals surface area (Å²) in [7, 11) is -4.77. The van der Waals surface area contributed by atoms with Crippen LogP contribution in [0.25, 0.3) is 0 Å². The molecule has 8 heteroatoms. The maximum Gasteiger partial charge on any atom is 0.393 e. The van der Waals surface area contributed by atoms with Crippen LogP contribution >= 0.6 is 32.3 Å². The number of rotatable bonds is 3. The summed E-state index contributed by atoms with van der Waals surface area (Å²) >= 11 is 3.54. The van der Waals surface area contributed by atoms with E-state index in [1.807, 2.05) is 0 Å². The Morgan fingerprint density at radius 3 is 2.44 bits per heavy atom. The van der Waals surface area contributed by atoms with Crippen LogP contribution < -0.4 is 5.73 Å². The van der Waals surface area contributed by atoms with Crippen LogP contribution in [0.15, 0.2) is 23.1 Å². The van der Waals surface area contributed by atoms with Gasteiger partial charge < -0.3 is 5.73 Å². The van der Waals surface area contributed by atoms with Gasteiger partial charge in [0.05, 0.1) is 9.92 Å². The van der Waals surface area contributed by atoms with Gasteiger partial charge in [-0.1, -0.05) is 16.1 Å². The molecule has 0 saturated carbocycles. The van der Waals surface area contributed by atoms with E-state index in [4.69, 9.17) is 17.3 Å². The molecule has 1 aromatic rings. The molecule has 0 aromatic heterocycles. The smallest absolute Gasteiger partial charge is 0.393 e. The van der Waals surface area contributed by atoms with Gasteiger partial charge in [0.15, 0.2) is 0 Å².